The zero-order valence-electron chi connectivity index (χ0n) is 38.8. The number of anilines is 1. The van der Waals surface area contributed by atoms with Crippen molar-refractivity contribution in [3.8, 4) is 0 Å². The van der Waals surface area contributed by atoms with Gasteiger partial charge in [0.1, 0.15) is 6.10 Å². The molecular formula is C51H96N2O4. The summed E-state index contributed by atoms with van der Waals surface area (Å²) in [5, 5.41) is 3.23. The Morgan fingerprint density at radius 1 is 0.509 bits per heavy atom. The Morgan fingerprint density at radius 2 is 0.912 bits per heavy atom. The molecule has 1 N–H and O–H groups in total. The second-order valence-electron chi connectivity index (χ2n) is 17.9. The van der Waals surface area contributed by atoms with Gasteiger partial charge in [-0.3, -0.25) is 14.4 Å². The Bertz CT molecular complexity index is 1100. The number of unbranched alkanes of at least 4 members (excludes halogenated alkanes) is 23. The summed E-state index contributed by atoms with van der Waals surface area (Å²) >= 11 is 0. The van der Waals surface area contributed by atoms with E-state index in [1.807, 2.05) is 0 Å². The maximum atomic E-state index is 12.9. The Balaban J connectivity index is 2.37. The molecule has 1 aromatic rings. The van der Waals surface area contributed by atoms with E-state index in [9.17, 15) is 14.4 Å². The average molecular weight is 801 g/mol. The molecule has 0 heterocycles. The van der Waals surface area contributed by atoms with Gasteiger partial charge in [-0.2, -0.15) is 0 Å². The molecule has 1 unspecified atom stereocenters. The van der Waals surface area contributed by atoms with Crippen LogP contribution in [0.15, 0.2) is 9.59 Å². The number of ether oxygens (including phenoxy) is 1. The summed E-state index contributed by atoms with van der Waals surface area (Å²) in [6.07, 6.45) is 43.9. The van der Waals surface area contributed by atoms with Crippen molar-refractivity contribution in [2.75, 3.05) is 31.5 Å². The summed E-state index contributed by atoms with van der Waals surface area (Å²) in [7, 11) is 0. The number of hydrogen-bond donors (Lipinski definition) is 1. The van der Waals surface area contributed by atoms with Gasteiger partial charge in [-0.15, -0.1) is 0 Å². The van der Waals surface area contributed by atoms with Crippen LogP contribution in [0.1, 0.15) is 258 Å². The lowest BCUT2D eigenvalue weighted by Crippen LogP contribution is -2.37. The van der Waals surface area contributed by atoms with E-state index >= 15 is 0 Å². The smallest absolute Gasteiger partial charge is 0.306 e. The highest BCUT2D eigenvalue weighted by Crippen LogP contribution is 2.22. The number of carbonyl (C=O) groups is 1. The van der Waals surface area contributed by atoms with Crippen LogP contribution in [0.2, 0.25) is 0 Å². The van der Waals surface area contributed by atoms with Crippen LogP contribution >= 0.6 is 0 Å². The average Bonchev–Trinajstić information content (AvgIpc) is 3.21. The lowest BCUT2D eigenvalue weighted by atomic mass is 9.92. The molecule has 0 saturated heterocycles. The predicted molar refractivity (Wildman–Crippen MR) is 249 cm³/mol. The van der Waals surface area contributed by atoms with E-state index in [4.69, 9.17) is 4.74 Å². The summed E-state index contributed by atoms with van der Waals surface area (Å²) in [6, 6.07) is 0. The van der Waals surface area contributed by atoms with E-state index in [-0.39, 0.29) is 22.9 Å². The first-order chi connectivity index (χ1) is 27.9. The van der Waals surface area contributed by atoms with Crippen LogP contribution < -0.4 is 16.2 Å². The van der Waals surface area contributed by atoms with Gasteiger partial charge in [-0.05, 0) is 83.8 Å². The van der Waals surface area contributed by atoms with Crippen molar-refractivity contribution in [1.29, 1.82) is 0 Å². The number of rotatable bonds is 44. The molecule has 0 aromatic heterocycles. The molecule has 0 spiro atoms. The second-order valence-corrected chi connectivity index (χ2v) is 17.9. The molecule has 0 amide bonds. The molecule has 0 aliphatic carbocycles. The van der Waals surface area contributed by atoms with Crippen molar-refractivity contribution < 1.29 is 9.53 Å². The third kappa shape index (κ3) is 29.2. The summed E-state index contributed by atoms with van der Waals surface area (Å²) in [5.74, 6) is 0.947. The van der Waals surface area contributed by atoms with Gasteiger partial charge in [0.2, 0.25) is 10.9 Å². The highest BCUT2D eigenvalue weighted by molar-refractivity contribution is 5.69. The fourth-order valence-corrected chi connectivity index (χ4v) is 8.58. The van der Waals surface area contributed by atoms with Crippen molar-refractivity contribution in [2.45, 2.75) is 265 Å². The van der Waals surface area contributed by atoms with Gasteiger partial charge in [0.15, 0.2) is 0 Å². The molecule has 334 valence electrons. The summed E-state index contributed by atoms with van der Waals surface area (Å²) in [5.41, 5.74) is 0.416. The van der Waals surface area contributed by atoms with Gasteiger partial charge in [0.05, 0.1) is 5.69 Å². The number of carbonyl (C=O) groups excluding carboxylic acids is 1. The fourth-order valence-electron chi connectivity index (χ4n) is 8.58. The minimum Gasteiger partial charge on any atom is -0.462 e. The Kier molecular flexibility index (Phi) is 36.0. The molecule has 0 saturated carbocycles. The Morgan fingerprint density at radius 3 is 1.37 bits per heavy atom. The zero-order valence-corrected chi connectivity index (χ0v) is 38.8. The van der Waals surface area contributed by atoms with Crippen LogP contribution in [0.4, 0.5) is 5.69 Å². The summed E-state index contributed by atoms with van der Waals surface area (Å²) in [4.78, 5) is 38.9. The van der Waals surface area contributed by atoms with Crippen LogP contribution in [0, 0.1) is 12.8 Å². The van der Waals surface area contributed by atoms with Crippen LogP contribution in [0.25, 0.3) is 0 Å². The Labute approximate surface area is 353 Å². The van der Waals surface area contributed by atoms with Crippen molar-refractivity contribution in [1.82, 2.24) is 4.90 Å². The number of nitrogens with one attached hydrogen (secondary N) is 1. The standard InChI is InChI=1S/C51H96N2O4/c1-6-10-13-16-21-28-36-46(9-4)37-29-22-19-26-33-42-53(44-35-41-52-49-45(5)50(55)51(49)56)43-34-27-20-25-32-40-48(54)57-47(38-30-23-17-14-11-7-2)39-31-24-18-15-12-8-3/h46-47,52H,6-44H2,1-5H3. The van der Waals surface area contributed by atoms with E-state index in [2.05, 4.69) is 37.9 Å². The highest BCUT2D eigenvalue weighted by atomic mass is 16.5. The number of nitrogens with zero attached hydrogens (tertiary/aromatic N) is 1. The molecule has 1 atom stereocenters. The molecule has 0 fully saturated rings. The molecule has 0 aliphatic heterocycles. The minimum atomic E-state index is -0.355. The molecule has 1 aromatic carbocycles. The third-order valence-electron chi connectivity index (χ3n) is 12.6. The topological polar surface area (TPSA) is 75.7 Å². The quantitative estimate of drug-likeness (QED) is 0.0402. The molecular weight excluding hydrogens is 705 g/mol. The molecule has 0 bridgehead atoms. The van der Waals surface area contributed by atoms with Gasteiger partial charge < -0.3 is 15.0 Å². The lowest BCUT2D eigenvalue weighted by Gasteiger charge is -2.23. The van der Waals surface area contributed by atoms with Crippen molar-refractivity contribution >= 4 is 11.7 Å². The van der Waals surface area contributed by atoms with Gasteiger partial charge in [-0.25, -0.2) is 0 Å². The summed E-state index contributed by atoms with van der Waals surface area (Å²) in [6.45, 7) is 14.9. The molecule has 6 nitrogen and oxygen atoms in total. The maximum Gasteiger partial charge on any atom is 0.306 e. The maximum absolute atomic E-state index is 12.9. The van der Waals surface area contributed by atoms with E-state index in [0.717, 1.165) is 64.2 Å². The van der Waals surface area contributed by atoms with Crippen LogP contribution in [-0.2, 0) is 9.53 Å². The molecule has 1 rings (SSSR count). The predicted octanol–water partition coefficient (Wildman–Crippen LogP) is 14.6. The summed E-state index contributed by atoms with van der Waals surface area (Å²) < 4.78 is 6.08. The molecule has 57 heavy (non-hydrogen) atoms. The highest BCUT2D eigenvalue weighted by Gasteiger charge is 2.17. The van der Waals surface area contributed by atoms with Crippen molar-refractivity contribution in [3.05, 3.63) is 26.0 Å². The monoisotopic (exact) mass is 801 g/mol. The minimum absolute atomic E-state index is 0.0222. The third-order valence-corrected chi connectivity index (χ3v) is 12.6. The first-order valence-electron chi connectivity index (χ1n) is 25.3. The lowest BCUT2D eigenvalue weighted by molar-refractivity contribution is -0.150. The number of esters is 1. The van der Waals surface area contributed by atoms with E-state index in [1.165, 1.54) is 186 Å². The fraction of sp³-hybridized carbons (Fsp3) is 0.902. The van der Waals surface area contributed by atoms with Crippen LogP contribution in [0.3, 0.4) is 0 Å². The molecule has 0 aliphatic rings. The largest absolute Gasteiger partial charge is 0.462 e. The van der Waals surface area contributed by atoms with Gasteiger partial charge in [-0.1, -0.05) is 195 Å². The molecule has 0 radical (unpaired) electrons. The van der Waals surface area contributed by atoms with E-state index in [0.29, 0.717) is 17.7 Å². The van der Waals surface area contributed by atoms with Gasteiger partial charge in [0.25, 0.3) is 0 Å². The SMILES string of the molecule is CCCCCCCCC(CC)CCCCCCCN(CCCCCCCC(=O)OC(CCCCCCCC)CCCCCCCC)CCCNc1c(C)c(=O)c1=O. The van der Waals surface area contributed by atoms with Crippen molar-refractivity contribution in [3.63, 3.8) is 0 Å². The van der Waals surface area contributed by atoms with E-state index in [1.54, 1.807) is 6.92 Å². The molecule has 6 heteroatoms. The zero-order chi connectivity index (χ0) is 41.6. The van der Waals surface area contributed by atoms with Gasteiger partial charge in [0, 0.05) is 18.5 Å². The Hall–Kier alpha value is -1.69. The van der Waals surface area contributed by atoms with Crippen LogP contribution in [-0.4, -0.2) is 43.2 Å². The first kappa shape index (κ1) is 53.3. The van der Waals surface area contributed by atoms with Crippen molar-refractivity contribution in [2.24, 2.45) is 5.92 Å². The number of hydrogen-bond acceptors (Lipinski definition) is 6. The first-order valence-corrected chi connectivity index (χ1v) is 25.3. The second kappa shape index (κ2) is 38.5. The van der Waals surface area contributed by atoms with Crippen LogP contribution in [0.5, 0.6) is 0 Å². The normalized spacial score (nSPS) is 12.3. The van der Waals surface area contributed by atoms with E-state index < -0.39 is 0 Å². The van der Waals surface area contributed by atoms with Gasteiger partial charge >= 0.3 is 5.97 Å².